The molecule has 98 valence electrons. The summed E-state index contributed by atoms with van der Waals surface area (Å²) in [5.41, 5.74) is 1.05. The summed E-state index contributed by atoms with van der Waals surface area (Å²) in [7, 11) is 0. The highest BCUT2D eigenvalue weighted by molar-refractivity contribution is 6.30. The van der Waals surface area contributed by atoms with Crippen LogP contribution in [0.5, 0.6) is 0 Å². The predicted octanol–water partition coefficient (Wildman–Crippen LogP) is 3.06. The van der Waals surface area contributed by atoms with Gasteiger partial charge in [-0.15, -0.1) is 12.4 Å². The van der Waals surface area contributed by atoms with E-state index < -0.39 is 0 Å². The Morgan fingerprint density at radius 2 is 2.24 bits per heavy atom. The molecule has 1 N–H and O–H groups in total. The molecule has 0 atom stereocenters. The summed E-state index contributed by atoms with van der Waals surface area (Å²) in [5.74, 6) is 0. The fourth-order valence-corrected chi connectivity index (χ4v) is 1.56. The number of aromatic nitrogens is 1. The maximum atomic E-state index is 5.93. The van der Waals surface area contributed by atoms with E-state index in [0.717, 1.165) is 44.7 Å². The van der Waals surface area contributed by atoms with Crippen molar-refractivity contribution >= 4 is 24.0 Å². The number of rotatable bonds is 8. The molecule has 0 saturated carbocycles. The van der Waals surface area contributed by atoms with E-state index in [-0.39, 0.29) is 12.4 Å². The van der Waals surface area contributed by atoms with Crippen LogP contribution in [0.15, 0.2) is 18.3 Å². The molecule has 17 heavy (non-hydrogen) atoms. The van der Waals surface area contributed by atoms with Gasteiger partial charge in [-0.05, 0) is 32.4 Å². The smallest absolute Gasteiger partial charge is 0.133 e. The predicted molar refractivity (Wildman–Crippen MR) is 73.9 cm³/mol. The summed E-state index contributed by atoms with van der Waals surface area (Å²) in [4.78, 5) is 4.02. The Morgan fingerprint density at radius 3 is 2.94 bits per heavy atom. The number of hydrogen-bond acceptors (Lipinski definition) is 3. The standard InChI is InChI=1S/C12H19ClN2O.ClH/c1-2-16-9-4-3-7-14-10-11-6-5-8-15-12(11)13;/h5-6,8,14H,2-4,7,9-10H2,1H3;1H. The van der Waals surface area contributed by atoms with Crippen LogP contribution < -0.4 is 5.32 Å². The van der Waals surface area contributed by atoms with Crippen LogP contribution >= 0.6 is 24.0 Å². The highest BCUT2D eigenvalue weighted by Gasteiger charge is 1.98. The van der Waals surface area contributed by atoms with E-state index >= 15 is 0 Å². The first-order valence-electron chi connectivity index (χ1n) is 5.72. The van der Waals surface area contributed by atoms with E-state index in [2.05, 4.69) is 10.3 Å². The van der Waals surface area contributed by atoms with E-state index in [1.54, 1.807) is 6.20 Å². The van der Waals surface area contributed by atoms with Gasteiger partial charge in [-0.25, -0.2) is 4.98 Å². The average Bonchev–Trinajstić information content (AvgIpc) is 2.30. The van der Waals surface area contributed by atoms with Gasteiger partial charge in [0.1, 0.15) is 5.15 Å². The van der Waals surface area contributed by atoms with E-state index in [0.29, 0.717) is 5.15 Å². The van der Waals surface area contributed by atoms with E-state index in [1.165, 1.54) is 0 Å². The molecular weight excluding hydrogens is 259 g/mol. The van der Waals surface area contributed by atoms with Crippen molar-refractivity contribution in [2.75, 3.05) is 19.8 Å². The van der Waals surface area contributed by atoms with Crippen LogP contribution in [0.4, 0.5) is 0 Å². The molecular formula is C12H20Cl2N2O. The number of nitrogens with one attached hydrogen (secondary N) is 1. The van der Waals surface area contributed by atoms with Crippen molar-refractivity contribution in [3.8, 4) is 0 Å². The zero-order valence-electron chi connectivity index (χ0n) is 10.1. The molecule has 5 heteroatoms. The third-order valence-electron chi connectivity index (χ3n) is 2.25. The number of nitrogens with zero attached hydrogens (tertiary/aromatic N) is 1. The van der Waals surface area contributed by atoms with Crippen molar-refractivity contribution < 1.29 is 4.74 Å². The van der Waals surface area contributed by atoms with Crippen LogP contribution in [0.25, 0.3) is 0 Å². The number of hydrogen-bond donors (Lipinski definition) is 1. The van der Waals surface area contributed by atoms with Crippen LogP contribution in [0.2, 0.25) is 5.15 Å². The highest BCUT2D eigenvalue weighted by atomic mass is 35.5. The Bertz CT molecular complexity index is 298. The Morgan fingerprint density at radius 1 is 1.41 bits per heavy atom. The Hall–Kier alpha value is -0.350. The van der Waals surface area contributed by atoms with E-state index in [9.17, 15) is 0 Å². The van der Waals surface area contributed by atoms with Crippen molar-refractivity contribution in [2.45, 2.75) is 26.3 Å². The van der Waals surface area contributed by atoms with Gasteiger partial charge in [-0.3, -0.25) is 0 Å². The summed E-state index contributed by atoms with van der Waals surface area (Å²) in [6.07, 6.45) is 3.92. The number of halogens is 2. The van der Waals surface area contributed by atoms with Crippen LogP contribution in [0, 0.1) is 0 Å². The molecule has 0 bridgehead atoms. The second-order valence-corrected chi connectivity index (χ2v) is 3.89. The molecule has 0 aliphatic carbocycles. The summed E-state index contributed by atoms with van der Waals surface area (Å²) in [5, 5.41) is 3.93. The van der Waals surface area contributed by atoms with Crippen molar-refractivity contribution in [1.29, 1.82) is 0 Å². The summed E-state index contributed by atoms with van der Waals surface area (Å²) < 4.78 is 5.26. The van der Waals surface area contributed by atoms with Gasteiger partial charge in [0.2, 0.25) is 0 Å². The molecule has 1 rings (SSSR count). The minimum absolute atomic E-state index is 0. The van der Waals surface area contributed by atoms with Gasteiger partial charge in [0.15, 0.2) is 0 Å². The summed E-state index contributed by atoms with van der Waals surface area (Å²) in [6, 6.07) is 3.89. The minimum atomic E-state index is 0. The second kappa shape index (κ2) is 10.8. The molecule has 0 spiro atoms. The average molecular weight is 279 g/mol. The molecule has 0 fully saturated rings. The Labute approximate surface area is 114 Å². The molecule has 1 aromatic heterocycles. The zero-order chi connectivity index (χ0) is 11.6. The van der Waals surface area contributed by atoms with Gasteiger partial charge in [0.25, 0.3) is 0 Å². The highest BCUT2D eigenvalue weighted by Crippen LogP contribution is 2.10. The minimum Gasteiger partial charge on any atom is -0.382 e. The number of pyridine rings is 1. The Kier molecular flexibility index (Phi) is 10.6. The molecule has 0 aromatic carbocycles. The maximum Gasteiger partial charge on any atom is 0.133 e. The van der Waals surface area contributed by atoms with Gasteiger partial charge in [-0.1, -0.05) is 17.7 Å². The lowest BCUT2D eigenvalue weighted by Gasteiger charge is -2.06. The van der Waals surface area contributed by atoms with Crippen molar-refractivity contribution in [3.63, 3.8) is 0 Å². The van der Waals surface area contributed by atoms with Gasteiger partial charge in [-0.2, -0.15) is 0 Å². The summed E-state index contributed by atoms with van der Waals surface area (Å²) >= 11 is 5.93. The zero-order valence-corrected chi connectivity index (χ0v) is 11.7. The Balaban J connectivity index is 0.00000256. The monoisotopic (exact) mass is 278 g/mol. The first-order valence-corrected chi connectivity index (χ1v) is 6.10. The molecule has 0 unspecified atom stereocenters. The first kappa shape index (κ1) is 16.6. The number of unbranched alkanes of at least 4 members (excludes halogenated alkanes) is 1. The third-order valence-corrected chi connectivity index (χ3v) is 2.59. The van der Waals surface area contributed by atoms with Gasteiger partial charge < -0.3 is 10.1 Å². The lowest BCUT2D eigenvalue weighted by atomic mass is 10.2. The van der Waals surface area contributed by atoms with Crippen LogP contribution in [-0.2, 0) is 11.3 Å². The van der Waals surface area contributed by atoms with Gasteiger partial charge >= 0.3 is 0 Å². The normalized spacial score (nSPS) is 10.0. The topological polar surface area (TPSA) is 34.1 Å². The van der Waals surface area contributed by atoms with Crippen molar-refractivity contribution in [2.24, 2.45) is 0 Å². The molecule has 0 saturated heterocycles. The van der Waals surface area contributed by atoms with E-state index in [4.69, 9.17) is 16.3 Å². The SMILES string of the molecule is CCOCCCCNCc1cccnc1Cl.Cl. The fourth-order valence-electron chi connectivity index (χ4n) is 1.37. The molecule has 0 aliphatic rings. The fraction of sp³-hybridized carbons (Fsp3) is 0.583. The third kappa shape index (κ3) is 7.55. The molecule has 0 radical (unpaired) electrons. The lowest BCUT2D eigenvalue weighted by molar-refractivity contribution is 0.143. The molecule has 0 amide bonds. The van der Waals surface area contributed by atoms with E-state index in [1.807, 2.05) is 19.1 Å². The second-order valence-electron chi connectivity index (χ2n) is 3.53. The molecule has 0 aliphatic heterocycles. The van der Waals surface area contributed by atoms with Gasteiger partial charge in [0.05, 0.1) is 0 Å². The van der Waals surface area contributed by atoms with Crippen LogP contribution in [0.3, 0.4) is 0 Å². The van der Waals surface area contributed by atoms with Crippen LogP contribution in [-0.4, -0.2) is 24.7 Å². The van der Waals surface area contributed by atoms with Crippen LogP contribution in [0.1, 0.15) is 25.3 Å². The molecule has 3 nitrogen and oxygen atoms in total. The first-order chi connectivity index (χ1) is 7.84. The molecule has 1 aromatic rings. The van der Waals surface area contributed by atoms with Gasteiger partial charge in [0, 0.05) is 31.5 Å². The summed E-state index contributed by atoms with van der Waals surface area (Å²) in [6.45, 7) is 5.44. The quantitative estimate of drug-likeness (QED) is 0.586. The largest absolute Gasteiger partial charge is 0.382 e. The van der Waals surface area contributed by atoms with Crippen molar-refractivity contribution in [1.82, 2.24) is 10.3 Å². The number of ether oxygens (including phenoxy) is 1. The maximum absolute atomic E-state index is 5.93. The molecule has 1 heterocycles. The van der Waals surface area contributed by atoms with Crippen molar-refractivity contribution in [3.05, 3.63) is 29.0 Å². The lowest BCUT2D eigenvalue weighted by Crippen LogP contribution is -2.15.